The number of aromatic nitrogens is 4. The van der Waals surface area contributed by atoms with Crippen LogP contribution in [0.5, 0.6) is 5.75 Å². The summed E-state index contributed by atoms with van der Waals surface area (Å²) < 4.78 is 9.32. The summed E-state index contributed by atoms with van der Waals surface area (Å²) in [7, 11) is 2.84. The Balaban J connectivity index is 2.24. The fourth-order valence-electron chi connectivity index (χ4n) is 2.91. The number of ether oxygens (including phenoxy) is 1. The average Bonchev–Trinajstić information content (AvgIpc) is 2.95. The number of aryl methyl sites for hydroxylation is 1. The Morgan fingerprint density at radius 2 is 1.93 bits per heavy atom. The van der Waals surface area contributed by atoms with Gasteiger partial charge in [0.15, 0.2) is 11.2 Å². The number of nitro benzene ring substituents is 1. The molecule has 0 amide bonds. The molecule has 0 aliphatic heterocycles. The SMILES string of the molecule is CC(C)Oc1ccc([N+](=O)[O-])cc1Cn1c(Cl)nc2c1c(=O)n(C)c(=O)n2C. The van der Waals surface area contributed by atoms with Crippen LogP contribution in [0.2, 0.25) is 5.28 Å². The molecule has 2 heterocycles. The van der Waals surface area contributed by atoms with E-state index in [2.05, 4.69) is 4.98 Å². The summed E-state index contributed by atoms with van der Waals surface area (Å²) in [6.07, 6.45) is -0.163. The fourth-order valence-corrected chi connectivity index (χ4v) is 3.13. The minimum atomic E-state index is -0.561. The predicted octanol–water partition coefficient (Wildman–Crippen LogP) is 1.83. The van der Waals surface area contributed by atoms with Crippen molar-refractivity contribution in [2.24, 2.45) is 14.1 Å². The van der Waals surface area contributed by atoms with E-state index in [0.29, 0.717) is 11.3 Å². The van der Waals surface area contributed by atoms with E-state index in [1.54, 1.807) is 0 Å². The summed E-state index contributed by atoms with van der Waals surface area (Å²) >= 11 is 6.24. The van der Waals surface area contributed by atoms with Crippen molar-refractivity contribution in [3.63, 3.8) is 0 Å². The third-order valence-corrected chi connectivity index (χ3v) is 4.54. The largest absolute Gasteiger partial charge is 0.491 e. The van der Waals surface area contributed by atoms with Crippen LogP contribution in [0.25, 0.3) is 11.2 Å². The number of nitro groups is 1. The molecular formula is C17H18ClN5O5. The van der Waals surface area contributed by atoms with Gasteiger partial charge in [-0.25, -0.2) is 4.79 Å². The summed E-state index contributed by atoms with van der Waals surface area (Å²) in [4.78, 5) is 39.6. The molecule has 0 unspecified atom stereocenters. The lowest BCUT2D eigenvalue weighted by Gasteiger charge is -2.15. The molecule has 0 fully saturated rings. The fraction of sp³-hybridized carbons (Fsp3) is 0.353. The third kappa shape index (κ3) is 3.26. The average molecular weight is 408 g/mol. The lowest BCUT2D eigenvalue weighted by Crippen LogP contribution is -2.37. The van der Waals surface area contributed by atoms with E-state index in [0.717, 1.165) is 4.57 Å². The summed E-state index contributed by atoms with van der Waals surface area (Å²) in [6, 6.07) is 4.22. The Hall–Kier alpha value is -3.14. The van der Waals surface area contributed by atoms with Gasteiger partial charge < -0.3 is 9.30 Å². The minimum absolute atomic E-state index is 0.00646. The van der Waals surface area contributed by atoms with E-state index < -0.39 is 16.2 Å². The number of benzene rings is 1. The van der Waals surface area contributed by atoms with Gasteiger partial charge in [-0.2, -0.15) is 4.98 Å². The molecule has 148 valence electrons. The number of rotatable bonds is 5. The molecule has 0 saturated heterocycles. The monoisotopic (exact) mass is 407 g/mol. The van der Waals surface area contributed by atoms with Crippen molar-refractivity contribution in [2.45, 2.75) is 26.5 Å². The van der Waals surface area contributed by atoms with Crippen LogP contribution in [-0.2, 0) is 20.6 Å². The molecule has 10 nitrogen and oxygen atoms in total. The number of non-ortho nitro benzene ring substituents is 1. The van der Waals surface area contributed by atoms with Crippen molar-refractivity contribution < 1.29 is 9.66 Å². The first-order chi connectivity index (χ1) is 13.1. The lowest BCUT2D eigenvalue weighted by atomic mass is 10.1. The molecule has 0 aliphatic rings. The highest BCUT2D eigenvalue weighted by molar-refractivity contribution is 6.29. The van der Waals surface area contributed by atoms with Gasteiger partial charge in [0.25, 0.3) is 11.2 Å². The van der Waals surface area contributed by atoms with Gasteiger partial charge >= 0.3 is 5.69 Å². The second kappa shape index (κ2) is 7.12. The van der Waals surface area contributed by atoms with Gasteiger partial charge in [0.1, 0.15) is 5.75 Å². The number of fused-ring (bicyclic) bond motifs is 1. The van der Waals surface area contributed by atoms with Crippen LogP contribution in [0.4, 0.5) is 5.69 Å². The van der Waals surface area contributed by atoms with Gasteiger partial charge in [-0.1, -0.05) is 0 Å². The smallest absolute Gasteiger partial charge is 0.332 e. The van der Waals surface area contributed by atoms with E-state index in [1.807, 2.05) is 13.8 Å². The van der Waals surface area contributed by atoms with Gasteiger partial charge in [-0.05, 0) is 31.5 Å². The number of halogens is 1. The molecule has 0 atom stereocenters. The third-order valence-electron chi connectivity index (χ3n) is 4.25. The van der Waals surface area contributed by atoms with E-state index in [4.69, 9.17) is 16.3 Å². The number of nitrogens with zero attached hydrogens (tertiary/aromatic N) is 5. The minimum Gasteiger partial charge on any atom is -0.491 e. The highest BCUT2D eigenvalue weighted by atomic mass is 35.5. The molecular weight excluding hydrogens is 390 g/mol. The molecule has 0 spiro atoms. The first-order valence-electron chi connectivity index (χ1n) is 8.37. The van der Waals surface area contributed by atoms with Crippen LogP contribution >= 0.6 is 11.6 Å². The standard InChI is InChI=1S/C17H18ClN5O5/c1-9(2)28-12-6-5-11(23(26)27)7-10(12)8-22-13-14(19-16(22)18)20(3)17(25)21(4)15(13)24/h5-7,9H,8H2,1-4H3. The van der Waals surface area contributed by atoms with Crippen molar-refractivity contribution in [3.8, 4) is 5.75 Å². The second-order valence-electron chi connectivity index (χ2n) is 6.56. The number of hydrogen-bond acceptors (Lipinski definition) is 6. The summed E-state index contributed by atoms with van der Waals surface area (Å²) in [5, 5.41) is 11.2. The number of imidazole rings is 1. The van der Waals surface area contributed by atoms with Crippen molar-refractivity contribution in [3.05, 3.63) is 60.0 Å². The molecule has 11 heteroatoms. The van der Waals surface area contributed by atoms with Crippen molar-refractivity contribution in [1.29, 1.82) is 0 Å². The van der Waals surface area contributed by atoms with E-state index >= 15 is 0 Å². The maximum Gasteiger partial charge on any atom is 0.332 e. The van der Waals surface area contributed by atoms with Crippen molar-refractivity contribution >= 4 is 28.5 Å². The van der Waals surface area contributed by atoms with Crippen LogP contribution in [0.1, 0.15) is 19.4 Å². The molecule has 0 N–H and O–H groups in total. The summed E-state index contributed by atoms with van der Waals surface area (Å²) in [5.74, 6) is 0.431. The topological polar surface area (TPSA) is 114 Å². The zero-order valence-corrected chi connectivity index (χ0v) is 16.4. The molecule has 28 heavy (non-hydrogen) atoms. The maximum atomic E-state index is 12.7. The molecule has 3 rings (SSSR count). The number of hydrogen-bond donors (Lipinski definition) is 0. The molecule has 0 bridgehead atoms. The first kappa shape index (κ1) is 19.6. The van der Waals surface area contributed by atoms with E-state index in [9.17, 15) is 19.7 Å². The maximum absolute atomic E-state index is 12.7. The van der Waals surface area contributed by atoms with Crippen LogP contribution in [0, 0.1) is 10.1 Å². The highest BCUT2D eigenvalue weighted by Crippen LogP contribution is 2.28. The van der Waals surface area contributed by atoms with Crippen LogP contribution in [-0.4, -0.2) is 29.7 Å². The van der Waals surface area contributed by atoms with Gasteiger partial charge in [-0.3, -0.25) is 24.0 Å². The van der Waals surface area contributed by atoms with Gasteiger partial charge in [0.05, 0.1) is 17.6 Å². The zero-order chi connectivity index (χ0) is 20.7. The Bertz CT molecular complexity index is 1210. The molecule has 3 aromatic rings. The van der Waals surface area contributed by atoms with E-state index in [1.165, 1.54) is 41.4 Å². The normalized spacial score (nSPS) is 11.4. The molecule has 0 aliphatic carbocycles. The summed E-state index contributed by atoms with van der Waals surface area (Å²) in [5.41, 5.74) is -0.495. The summed E-state index contributed by atoms with van der Waals surface area (Å²) in [6.45, 7) is 3.67. The van der Waals surface area contributed by atoms with Gasteiger partial charge in [0, 0.05) is 31.8 Å². The Labute approximate surface area is 163 Å². The Morgan fingerprint density at radius 3 is 2.54 bits per heavy atom. The van der Waals surface area contributed by atoms with Crippen LogP contribution in [0.15, 0.2) is 27.8 Å². The van der Waals surface area contributed by atoms with Crippen LogP contribution < -0.4 is 16.0 Å². The molecule has 0 radical (unpaired) electrons. The lowest BCUT2D eigenvalue weighted by molar-refractivity contribution is -0.384. The molecule has 2 aromatic heterocycles. The highest BCUT2D eigenvalue weighted by Gasteiger charge is 2.21. The zero-order valence-electron chi connectivity index (χ0n) is 15.7. The van der Waals surface area contributed by atoms with Gasteiger partial charge in [-0.15, -0.1) is 0 Å². The predicted molar refractivity (Wildman–Crippen MR) is 103 cm³/mol. The Kier molecular flexibility index (Phi) is 4.99. The second-order valence-corrected chi connectivity index (χ2v) is 6.90. The first-order valence-corrected chi connectivity index (χ1v) is 8.75. The van der Waals surface area contributed by atoms with Crippen molar-refractivity contribution in [1.82, 2.24) is 18.7 Å². The quantitative estimate of drug-likeness (QED) is 0.362. The van der Waals surface area contributed by atoms with E-state index in [-0.39, 0.29) is 34.8 Å². The molecule has 0 saturated carbocycles. The van der Waals surface area contributed by atoms with Crippen molar-refractivity contribution in [2.75, 3.05) is 0 Å². The van der Waals surface area contributed by atoms with Crippen LogP contribution in [0.3, 0.4) is 0 Å². The Morgan fingerprint density at radius 1 is 1.25 bits per heavy atom. The molecule has 1 aromatic carbocycles. The van der Waals surface area contributed by atoms with Gasteiger partial charge in [0.2, 0.25) is 5.28 Å².